The number of aromatic amines is 1. The number of piperazine rings is 1. The third-order valence-electron chi connectivity index (χ3n) is 13.2. The lowest BCUT2D eigenvalue weighted by atomic mass is 9.69. The summed E-state index contributed by atoms with van der Waals surface area (Å²) >= 11 is 0. The normalized spacial score (nSPS) is 19.9. The van der Waals surface area contributed by atoms with E-state index >= 15 is 4.39 Å². The van der Waals surface area contributed by atoms with E-state index in [2.05, 4.69) is 38.9 Å². The Morgan fingerprint density at radius 3 is 2.47 bits per heavy atom. The number of halogens is 4. The minimum atomic E-state index is -4.68. The monoisotopic (exact) mass is 911 g/mol. The molecule has 4 aliphatic rings. The maximum atomic E-state index is 15.2. The average molecular weight is 912 g/mol. The predicted molar refractivity (Wildman–Crippen MR) is 233 cm³/mol. The molecule has 19 heteroatoms. The Morgan fingerprint density at radius 1 is 1.02 bits per heavy atom. The van der Waals surface area contributed by atoms with E-state index in [4.69, 9.17) is 9.47 Å². The topological polar surface area (TPSA) is 172 Å². The van der Waals surface area contributed by atoms with Gasteiger partial charge in [0.25, 0.3) is 21.6 Å². The van der Waals surface area contributed by atoms with Crippen molar-refractivity contribution in [1.82, 2.24) is 19.6 Å². The van der Waals surface area contributed by atoms with Crippen molar-refractivity contribution in [3.63, 3.8) is 0 Å². The zero-order chi connectivity index (χ0) is 45.5. The predicted octanol–water partition coefficient (Wildman–Crippen LogP) is 9.06. The maximum Gasteiger partial charge on any atom is 0.389 e. The van der Waals surface area contributed by atoms with E-state index in [1.807, 2.05) is 4.72 Å². The number of hydrogen-bond donors (Lipinski definition) is 3. The zero-order valence-electron chi connectivity index (χ0n) is 35.9. The number of alkyl halides is 4. The van der Waals surface area contributed by atoms with Gasteiger partial charge in [0.1, 0.15) is 28.5 Å². The summed E-state index contributed by atoms with van der Waals surface area (Å²) in [6.07, 6.45) is 2.87. The highest BCUT2D eigenvalue weighted by Gasteiger charge is 2.50. The van der Waals surface area contributed by atoms with Gasteiger partial charge < -0.3 is 24.7 Å². The van der Waals surface area contributed by atoms with Crippen molar-refractivity contribution in [2.75, 3.05) is 62.7 Å². The molecule has 0 unspecified atom stereocenters. The second-order valence-corrected chi connectivity index (χ2v) is 20.1. The molecule has 2 saturated heterocycles. The van der Waals surface area contributed by atoms with Crippen LogP contribution in [0.4, 0.5) is 34.6 Å². The Balaban J connectivity index is 0.995. The minimum Gasteiger partial charge on any atom is -0.455 e. The number of aromatic nitrogens is 2. The molecular weight excluding hydrogens is 859 g/mol. The van der Waals surface area contributed by atoms with Gasteiger partial charge in [-0.3, -0.25) is 19.8 Å². The van der Waals surface area contributed by atoms with Crippen LogP contribution in [0.3, 0.4) is 0 Å². The van der Waals surface area contributed by atoms with E-state index in [0.29, 0.717) is 44.1 Å². The van der Waals surface area contributed by atoms with Gasteiger partial charge in [-0.25, -0.2) is 22.5 Å². The molecule has 3 N–H and O–H groups in total. The molecule has 1 amide bonds. The van der Waals surface area contributed by atoms with Crippen molar-refractivity contribution >= 4 is 44.0 Å². The van der Waals surface area contributed by atoms with Crippen LogP contribution in [-0.4, -0.2) is 98.4 Å². The van der Waals surface area contributed by atoms with Crippen molar-refractivity contribution in [3.05, 3.63) is 87.7 Å². The number of carbonyl (C=O) groups is 1. The largest absolute Gasteiger partial charge is 0.455 e. The Labute approximate surface area is 369 Å². The average Bonchev–Trinajstić information content (AvgIpc) is 3.90. The summed E-state index contributed by atoms with van der Waals surface area (Å²) in [6, 6.07) is 11.4. The van der Waals surface area contributed by atoms with Crippen LogP contribution in [0, 0.1) is 20.9 Å². The van der Waals surface area contributed by atoms with Crippen LogP contribution in [0.1, 0.15) is 82.0 Å². The van der Waals surface area contributed by atoms with Crippen LogP contribution in [0.25, 0.3) is 11.0 Å². The van der Waals surface area contributed by atoms with Gasteiger partial charge in [-0.1, -0.05) is 25.0 Å². The van der Waals surface area contributed by atoms with E-state index < -0.39 is 49.7 Å². The van der Waals surface area contributed by atoms with E-state index in [9.17, 15) is 36.5 Å². The van der Waals surface area contributed by atoms with E-state index in [1.165, 1.54) is 29.5 Å². The first-order valence-electron chi connectivity index (χ1n) is 21.7. The molecule has 2 aliphatic heterocycles. The first kappa shape index (κ1) is 45.3. The zero-order valence-corrected chi connectivity index (χ0v) is 36.7. The molecular formula is C45H53F4N7O7S. The lowest BCUT2D eigenvalue weighted by molar-refractivity contribution is -0.384. The third kappa shape index (κ3) is 10.5. The van der Waals surface area contributed by atoms with E-state index in [0.717, 1.165) is 49.6 Å². The number of pyridine rings is 1. The van der Waals surface area contributed by atoms with Crippen LogP contribution in [0.2, 0.25) is 0 Å². The second-order valence-electron chi connectivity index (χ2n) is 18.4. The Bertz CT molecular complexity index is 2540. The number of hydrogen-bond acceptors (Lipinski definition) is 11. The first-order valence-corrected chi connectivity index (χ1v) is 23.1. The molecule has 0 radical (unpaired) electrons. The quantitative estimate of drug-likeness (QED) is 0.0450. The van der Waals surface area contributed by atoms with Crippen LogP contribution in [0.15, 0.2) is 77.0 Å². The Morgan fingerprint density at radius 2 is 1.77 bits per heavy atom. The molecule has 64 heavy (non-hydrogen) atoms. The number of nitrogens with zero attached hydrogens (tertiary/aromatic N) is 4. The number of rotatable bonds is 15. The number of allylic oxidation sites excluding steroid dienone is 1. The molecule has 2 aromatic carbocycles. The fourth-order valence-corrected chi connectivity index (χ4v) is 10.2. The molecule has 344 valence electrons. The molecule has 8 rings (SSSR count). The number of sulfonamides is 1. The molecule has 4 aromatic rings. The summed E-state index contributed by atoms with van der Waals surface area (Å²) in [7, 11) is -4.68. The van der Waals surface area contributed by atoms with Crippen LogP contribution in [0.5, 0.6) is 11.5 Å². The summed E-state index contributed by atoms with van der Waals surface area (Å²) in [4.78, 5) is 36.5. The number of benzene rings is 2. The summed E-state index contributed by atoms with van der Waals surface area (Å²) in [6.45, 7) is 7.88. The number of carbonyl (C=O) groups excluding carboxylic acids is 1. The van der Waals surface area contributed by atoms with Gasteiger partial charge in [-0.15, -0.1) is 0 Å². The molecule has 14 nitrogen and oxygen atoms in total. The molecule has 1 saturated carbocycles. The smallest absolute Gasteiger partial charge is 0.389 e. The van der Waals surface area contributed by atoms with Crippen molar-refractivity contribution in [1.29, 1.82) is 0 Å². The van der Waals surface area contributed by atoms with Crippen molar-refractivity contribution in [3.8, 4) is 11.5 Å². The molecule has 0 bridgehead atoms. The SMILES string of the molecule is CC1(C)CCC(CN2CCN(c3ccc(C(=O)NS(=O)(=O)c4ccc(NCC5(F)CCOCC5)c([N+](=O)[O-])c4)c(Oc4cnc5[nH]ccc5c4)c3)CC2)=C(C2(CCC(F)(F)F)CC2)C1. The Hall–Kier alpha value is -5.27. The minimum absolute atomic E-state index is 0.0383. The molecule has 0 spiro atoms. The highest BCUT2D eigenvalue weighted by molar-refractivity contribution is 7.90. The lowest BCUT2D eigenvalue weighted by Gasteiger charge is -2.41. The number of anilines is 2. The highest BCUT2D eigenvalue weighted by atomic mass is 32.2. The molecule has 0 atom stereocenters. The van der Waals surface area contributed by atoms with E-state index in [1.54, 1.807) is 30.5 Å². The number of nitro groups is 1. The molecule has 2 aliphatic carbocycles. The third-order valence-corrected chi connectivity index (χ3v) is 14.5. The molecule has 2 aromatic heterocycles. The highest BCUT2D eigenvalue weighted by Crippen LogP contribution is 2.61. The Kier molecular flexibility index (Phi) is 12.5. The van der Waals surface area contributed by atoms with Crippen LogP contribution >= 0.6 is 0 Å². The van der Waals surface area contributed by atoms with E-state index in [-0.39, 0.29) is 72.6 Å². The fraction of sp³-hybridized carbons (Fsp3) is 0.511. The summed E-state index contributed by atoms with van der Waals surface area (Å²) in [5.41, 5.74) is 1.07. The van der Waals surface area contributed by atoms with Gasteiger partial charge in [0.15, 0.2) is 0 Å². The van der Waals surface area contributed by atoms with Gasteiger partial charge in [0.2, 0.25) is 0 Å². The lowest BCUT2D eigenvalue weighted by Crippen LogP contribution is -2.47. The second kappa shape index (κ2) is 17.6. The first-order chi connectivity index (χ1) is 30.3. The summed E-state index contributed by atoms with van der Waals surface area (Å²) in [5, 5.41) is 15.5. The van der Waals surface area contributed by atoms with Gasteiger partial charge in [0.05, 0.1) is 21.6 Å². The van der Waals surface area contributed by atoms with Gasteiger partial charge in [-0.05, 0) is 85.8 Å². The van der Waals surface area contributed by atoms with Gasteiger partial charge in [-0.2, -0.15) is 13.2 Å². The van der Waals surface area contributed by atoms with Crippen LogP contribution in [-0.2, 0) is 14.8 Å². The molecule has 3 fully saturated rings. The standard InChI is InChI=1S/C45H53F4N7O7S/c1-42(2)9-7-31(36(26-42)43(10-11-43)12-13-45(47,48)49)28-54-17-19-55(20-18-54)32-3-5-35(39(24-32)63-33-23-30-8-16-50-40(30)51-27-33)41(57)53-64(60,61)34-4-6-37(38(25-34)56(58)59)52-29-44(46)14-21-62-22-15-44/h3-6,8,16,23-25,27,52H,7,9-15,17-22,26,28-29H2,1-2H3,(H,50,51)(H,53,57). The number of nitrogens with one attached hydrogen (secondary N) is 3. The van der Waals surface area contributed by atoms with Gasteiger partial charge >= 0.3 is 6.18 Å². The number of ether oxygens (including phenoxy) is 2. The number of nitro benzene ring substituents is 1. The number of H-pyrrole nitrogens is 1. The van der Waals surface area contributed by atoms with Crippen molar-refractivity contribution in [2.24, 2.45) is 10.8 Å². The maximum absolute atomic E-state index is 15.2. The molecule has 4 heterocycles. The number of amides is 1. The van der Waals surface area contributed by atoms with Crippen molar-refractivity contribution < 1.29 is 45.2 Å². The van der Waals surface area contributed by atoms with Crippen molar-refractivity contribution in [2.45, 2.75) is 88.4 Å². The summed E-state index contributed by atoms with van der Waals surface area (Å²) in [5.74, 6) is -0.727. The summed E-state index contributed by atoms with van der Waals surface area (Å²) < 4.78 is 96.1. The van der Waals surface area contributed by atoms with Crippen LogP contribution < -0.4 is 19.7 Å². The fourth-order valence-electron chi connectivity index (χ4n) is 9.20. The van der Waals surface area contributed by atoms with Gasteiger partial charge in [0, 0.05) is 101 Å². The number of fused-ring (bicyclic) bond motifs is 1.